The van der Waals surface area contributed by atoms with Crippen LogP contribution < -0.4 is 10.5 Å². The monoisotopic (exact) mass is 295 g/mol. The van der Waals surface area contributed by atoms with Crippen molar-refractivity contribution in [3.05, 3.63) is 28.8 Å². The van der Waals surface area contributed by atoms with Gasteiger partial charge in [0.1, 0.15) is 5.75 Å². The number of hydrogen-bond donors (Lipinski definition) is 1. The summed E-state index contributed by atoms with van der Waals surface area (Å²) < 4.78 is 5.47. The predicted octanol–water partition coefficient (Wildman–Crippen LogP) is 4.29. The zero-order valence-electron chi connectivity index (χ0n) is 12.8. The second-order valence-corrected chi connectivity index (χ2v) is 7.26. The summed E-state index contributed by atoms with van der Waals surface area (Å²) in [5.41, 5.74) is 7.61. The van der Waals surface area contributed by atoms with E-state index in [1.807, 2.05) is 18.2 Å². The van der Waals surface area contributed by atoms with E-state index in [4.69, 9.17) is 22.1 Å². The lowest BCUT2D eigenvalue weighted by Crippen LogP contribution is -2.35. The normalized spacial score (nSPS) is 25.4. The van der Waals surface area contributed by atoms with Gasteiger partial charge in [0.25, 0.3) is 0 Å². The molecular formula is C17H26ClNO. The second-order valence-electron chi connectivity index (χ2n) is 6.82. The minimum atomic E-state index is 0.419. The molecule has 2 nitrogen and oxygen atoms in total. The largest absolute Gasteiger partial charge is 0.496 e. The van der Waals surface area contributed by atoms with Gasteiger partial charge in [0, 0.05) is 5.02 Å². The van der Waals surface area contributed by atoms with E-state index < -0.39 is 0 Å². The summed E-state index contributed by atoms with van der Waals surface area (Å²) in [6.45, 7) is 5.51. The quantitative estimate of drug-likeness (QED) is 0.899. The molecule has 1 aliphatic rings. The third kappa shape index (κ3) is 3.67. The van der Waals surface area contributed by atoms with Crippen LogP contribution in [0.4, 0.5) is 0 Å². The highest BCUT2D eigenvalue weighted by atomic mass is 35.5. The van der Waals surface area contributed by atoms with Crippen LogP contribution in [0.1, 0.15) is 38.7 Å². The molecule has 2 atom stereocenters. The van der Waals surface area contributed by atoms with Crippen molar-refractivity contribution < 1.29 is 4.74 Å². The van der Waals surface area contributed by atoms with Crippen LogP contribution >= 0.6 is 11.6 Å². The van der Waals surface area contributed by atoms with Crippen LogP contribution in [0.15, 0.2) is 18.2 Å². The number of hydrogen-bond acceptors (Lipinski definition) is 2. The lowest BCUT2D eigenvalue weighted by atomic mass is 9.65. The molecule has 1 saturated carbocycles. The molecule has 0 heterocycles. The molecule has 2 unspecified atom stereocenters. The van der Waals surface area contributed by atoms with Crippen molar-refractivity contribution >= 4 is 11.6 Å². The smallest absolute Gasteiger partial charge is 0.122 e. The Hall–Kier alpha value is -0.730. The van der Waals surface area contributed by atoms with Crippen molar-refractivity contribution in [1.29, 1.82) is 0 Å². The fourth-order valence-corrected chi connectivity index (χ4v) is 3.72. The molecule has 0 bridgehead atoms. The first kappa shape index (κ1) is 15.7. The first-order valence-electron chi connectivity index (χ1n) is 7.47. The van der Waals surface area contributed by atoms with Crippen LogP contribution in [0.25, 0.3) is 0 Å². The first-order valence-corrected chi connectivity index (χ1v) is 7.85. The maximum absolute atomic E-state index is 6.14. The molecule has 112 valence electrons. The van der Waals surface area contributed by atoms with Gasteiger partial charge in [-0.25, -0.2) is 0 Å². The molecule has 1 aromatic carbocycles. The van der Waals surface area contributed by atoms with Gasteiger partial charge < -0.3 is 10.5 Å². The van der Waals surface area contributed by atoms with Crippen molar-refractivity contribution in [2.45, 2.75) is 39.5 Å². The van der Waals surface area contributed by atoms with Crippen LogP contribution in [0.5, 0.6) is 5.75 Å². The van der Waals surface area contributed by atoms with Crippen molar-refractivity contribution in [2.75, 3.05) is 13.7 Å². The van der Waals surface area contributed by atoms with E-state index in [0.29, 0.717) is 17.3 Å². The van der Waals surface area contributed by atoms with Crippen LogP contribution in [-0.2, 0) is 6.42 Å². The van der Waals surface area contributed by atoms with E-state index in [2.05, 4.69) is 13.8 Å². The third-order valence-electron chi connectivity index (χ3n) is 4.70. The van der Waals surface area contributed by atoms with Crippen molar-refractivity contribution in [1.82, 2.24) is 0 Å². The van der Waals surface area contributed by atoms with Gasteiger partial charge in [0.2, 0.25) is 0 Å². The van der Waals surface area contributed by atoms with Crippen LogP contribution in [0, 0.1) is 17.3 Å². The Bertz CT molecular complexity index is 458. The Morgan fingerprint density at radius 1 is 1.35 bits per heavy atom. The van der Waals surface area contributed by atoms with Gasteiger partial charge >= 0.3 is 0 Å². The third-order valence-corrected chi connectivity index (χ3v) is 4.94. The molecule has 1 fully saturated rings. The Labute approximate surface area is 127 Å². The number of ether oxygens (including phenoxy) is 1. The Kier molecular flexibility index (Phi) is 4.98. The number of halogens is 1. The van der Waals surface area contributed by atoms with Gasteiger partial charge in [0.05, 0.1) is 7.11 Å². The minimum Gasteiger partial charge on any atom is -0.496 e. The van der Waals surface area contributed by atoms with Crippen LogP contribution in [0.2, 0.25) is 5.02 Å². The molecule has 0 saturated heterocycles. The van der Waals surface area contributed by atoms with Crippen molar-refractivity contribution in [3.63, 3.8) is 0 Å². The first-order chi connectivity index (χ1) is 9.45. The van der Waals surface area contributed by atoms with E-state index in [9.17, 15) is 0 Å². The van der Waals surface area contributed by atoms with Gasteiger partial charge in [-0.15, -0.1) is 0 Å². The summed E-state index contributed by atoms with van der Waals surface area (Å²) in [7, 11) is 1.72. The number of rotatable bonds is 4. The van der Waals surface area contributed by atoms with E-state index in [1.54, 1.807) is 7.11 Å². The van der Waals surface area contributed by atoms with Crippen molar-refractivity contribution in [2.24, 2.45) is 23.0 Å². The maximum Gasteiger partial charge on any atom is 0.122 e. The predicted molar refractivity (Wildman–Crippen MR) is 85.4 cm³/mol. The number of methoxy groups -OCH3 is 1. The topological polar surface area (TPSA) is 35.2 Å². The fourth-order valence-electron chi connectivity index (χ4n) is 3.53. The summed E-state index contributed by atoms with van der Waals surface area (Å²) in [6.07, 6.45) is 4.74. The maximum atomic E-state index is 6.14. The van der Waals surface area contributed by atoms with Gasteiger partial charge in [-0.2, -0.15) is 0 Å². The molecule has 3 heteroatoms. The molecule has 1 aliphatic carbocycles. The summed E-state index contributed by atoms with van der Waals surface area (Å²) in [5.74, 6) is 2.18. The molecule has 0 spiro atoms. The summed E-state index contributed by atoms with van der Waals surface area (Å²) in [5, 5.41) is 0.778. The van der Waals surface area contributed by atoms with E-state index in [0.717, 1.165) is 23.7 Å². The highest BCUT2D eigenvalue weighted by molar-refractivity contribution is 6.30. The Morgan fingerprint density at radius 3 is 2.75 bits per heavy atom. The highest BCUT2D eigenvalue weighted by Crippen LogP contribution is 2.43. The highest BCUT2D eigenvalue weighted by Gasteiger charge is 2.34. The Morgan fingerprint density at radius 2 is 2.10 bits per heavy atom. The van der Waals surface area contributed by atoms with E-state index in [1.165, 1.54) is 24.8 Å². The van der Waals surface area contributed by atoms with Crippen molar-refractivity contribution in [3.8, 4) is 5.75 Å². The molecule has 0 aliphatic heterocycles. The molecule has 0 aromatic heterocycles. The van der Waals surface area contributed by atoms with Crippen LogP contribution in [-0.4, -0.2) is 13.7 Å². The summed E-state index contributed by atoms with van der Waals surface area (Å²) in [6, 6.07) is 5.88. The molecule has 0 radical (unpaired) electrons. The lowest BCUT2D eigenvalue weighted by molar-refractivity contribution is 0.121. The van der Waals surface area contributed by atoms with Crippen LogP contribution in [0.3, 0.4) is 0 Å². The standard InChI is InChI=1S/C17H26ClNO/c1-17(2)7-6-12(11-19)14(10-17)8-13-9-15(18)4-5-16(13)20-3/h4-5,9,12,14H,6-8,10-11,19H2,1-3H3. The Balaban J connectivity index is 2.20. The molecule has 2 N–H and O–H groups in total. The van der Waals surface area contributed by atoms with E-state index >= 15 is 0 Å². The van der Waals surface area contributed by atoms with Gasteiger partial charge in [-0.05, 0) is 73.2 Å². The second kappa shape index (κ2) is 6.36. The summed E-state index contributed by atoms with van der Waals surface area (Å²) in [4.78, 5) is 0. The molecular weight excluding hydrogens is 270 g/mol. The number of benzene rings is 1. The van der Waals surface area contributed by atoms with Gasteiger partial charge in [-0.3, -0.25) is 0 Å². The minimum absolute atomic E-state index is 0.419. The zero-order valence-corrected chi connectivity index (χ0v) is 13.5. The fraction of sp³-hybridized carbons (Fsp3) is 0.647. The van der Waals surface area contributed by atoms with Gasteiger partial charge in [-0.1, -0.05) is 25.4 Å². The van der Waals surface area contributed by atoms with E-state index in [-0.39, 0.29) is 0 Å². The lowest BCUT2D eigenvalue weighted by Gasteiger charge is -2.40. The molecule has 1 aromatic rings. The number of nitrogens with two attached hydrogens (primary N) is 1. The molecule has 20 heavy (non-hydrogen) atoms. The summed E-state index contributed by atoms with van der Waals surface area (Å²) >= 11 is 6.14. The van der Waals surface area contributed by atoms with Gasteiger partial charge in [0.15, 0.2) is 0 Å². The average molecular weight is 296 g/mol. The SMILES string of the molecule is COc1ccc(Cl)cc1CC1CC(C)(C)CCC1CN. The zero-order chi connectivity index (χ0) is 14.8. The average Bonchev–Trinajstić information content (AvgIpc) is 2.38. The molecule has 0 amide bonds. The molecule has 2 rings (SSSR count).